The van der Waals surface area contributed by atoms with Crippen LogP contribution in [0.3, 0.4) is 0 Å². The van der Waals surface area contributed by atoms with Gasteiger partial charge in [-0.2, -0.15) is 0 Å². The number of unbranched alkanes of at least 4 members (excludes halogenated alkanes) is 1. The Kier molecular flexibility index (Phi) is 13.9. The molecule has 10 N–H and O–H groups in total. The average Bonchev–Trinajstić information content (AvgIpc) is 2.84. The normalized spacial score (nSPS) is 14.2. The molecular weight excluding hydrogens is 480 g/mol. The lowest BCUT2D eigenvalue weighted by molar-refractivity contribution is -0.143. The van der Waals surface area contributed by atoms with Crippen LogP contribution in [0.4, 0.5) is 0 Å². The lowest BCUT2D eigenvalue weighted by Gasteiger charge is -2.26. The summed E-state index contributed by atoms with van der Waals surface area (Å²) in [6, 6.07) is 4.60. The number of nitrogens with one attached hydrogen (secondary N) is 3. The predicted octanol–water partition coefficient (Wildman–Crippen LogP) is -0.854. The van der Waals surface area contributed by atoms with Crippen molar-refractivity contribution >= 4 is 29.6 Å². The van der Waals surface area contributed by atoms with Crippen LogP contribution in [0.25, 0.3) is 0 Å². The van der Waals surface area contributed by atoms with E-state index in [4.69, 9.17) is 17.2 Å². The van der Waals surface area contributed by atoms with E-state index in [-0.39, 0.29) is 31.6 Å². The third kappa shape index (κ3) is 11.8. The van der Waals surface area contributed by atoms with Crippen molar-refractivity contribution in [2.75, 3.05) is 6.54 Å². The maximum atomic E-state index is 13.3. The zero-order chi connectivity index (χ0) is 28.0. The molecule has 0 spiro atoms. The van der Waals surface area contributed by atoms with Gasteiger partial charge in [-0.25, -0.2) is 4.79 Å². The van der Waals surface area contributed by atoms with E-state index in [1.807, 2.05) is 0 Å². The van der Waals surface area contributed by atoms with Gasteiger partial charge < -0.3 is 38.3 Å². The van der Waals surface area contributed by atoms with Gasteiger partial charge in [0.2, 0.25) is 23.6 Å². The number of benzene rings is 1. The summed E-state index contributed by atoms with van der Waals surface area (Å²) in [6.07, 6.45) is 1.40. The van der Waals surface area contributed by atoms with Gasteiger partial charge in [-0.05, 0) is 43.7 Å². The van der Waals surface area contributed by atoms with E-state index >= 15 is 0 Å². The molecule has 4 amide bonds. The Morgan fingerprint density at radius 2 is 1.46 bits per heavy atom. The van der Waals surface area contributed by atoms with Crippen LogP contribution in [0.1, 0.15) is 51.5 Å². The summed E-state index contributed by atoms with van der Waals surface area (Å²) in [5.74, 6) is -4.10. The fourth-order valence-corrected chi connectivity index (χ4v) is 3.57. The maximum absolute atomic E-state index is 13.3. The minimum atomic E-state index is -1.19. The van der Waals surface area contributed by atoms with E-state index < -0.39 is 53.8 Å². The summed E-state index contributed by atoms with van der Waals surface area (Å²) in [5.41, 5.74) is 17.3. The van der Waals surface area contributed by atoms with E-state index in [9.17, 15) is 29.1 Å². The van der Waals surface area contributed by atoms with E-state index in [2.05, 4.69) is 16.0 Å². The van der Waals surface area contributed by atoms with Crippen molar-refractivity contribution < 1.29 is 29.1 Å². The lowest BCUT2D eigenvalue weighted by atomic mass is 10.0. The number of hydrogen-bond donors (Lipinski definition) is 7. The molecule has 0 aromatic heterocycles. The summed E-state index contributed by atoms with van der Waals surface area (Å²) in [4.78, 5) is 61.6. The number of carbonyl (C=O) groups is 5. The highest BCUT2D eigenvalue weighted by Gasteiger charge is 2.31. The van der Waals surface area contributed by atoms with E-state index in [0.29, 0.717) is 19.4 Å². The second kappa shape index (κ2) is 16.3. The van der Waals surface area contributed by atoms with Crippen LogP contribution < -0.4 is 33.2 Å². The number of carboxylic acid groups (broad SMARTS) is 1. The Labute approximate surface area is 217 Å². The molecule has 12 nitrogen and oxygen atoms in total. The summed E-state index contributed by atoms with van der Waals surface area (Å²) >= 11 is 0. The minimum absolute atomic E-state index is 0.0170. The molecule has 0 aliphatic rings. The first-order valence-corrected chi connectivity index (χ1v) is 12.4. The third-order valence-electron chi connectivity index (χ3n) is 5.76. The van der Waals surface area contributed by atoms with Gasteiger partial charge in [0.05, 0.1) is 6.04 Å². The molecule has 4 atom stereocenters. The third-order valence-corrected chi connectivity index (χ3v) is 5.76. The number of amides is 4. The van der Waals surface area contributed by atoms with Crippen molar-refractivity contribution in [2.24, 2.45) is 23.1 Å². The number of carboxylic acids is 1. The van der Waals surface area contributed by atoms with Gasteiger partial charge in [-0.3, -0.25) is 19.2 Å². The molecule has 37 heavy (non-hydrogen) atoms. The number of nitrogens with two attached hydrogens (primary N) is 3. The zero-order valence-electron chi connectivity index (χ0n) is 21.4. The van der Waals surface area contributed by atoms with Crippen molar-refractivity contribution in [1.82, 2.24) is 16.0 Å². The first-order valence-electron chi connectivity index (χ1n) is 12.4. The molecule has 1 aromatic rings. The molecule has 0 saturated carbocycles. The Balaban J connectivity index is 3.09. The number of primary amides is 1. The average molecular weight is 521 g/mol. The number of aliphatic carboxylic acids is 1. The molecule has 1 rings (SSSR count). The van der Waals surface area contributed by atoms with Crippen LogP contribution in [0.5, 0.6) is 0 Å². The van der Waals surface area contributed by atoms with E-state index in [0.717, 1.165) is 5.56 Å². The highest BCUT2D eigenvalue weighted by atomic mass is 16.4. The SMILES string of the molecule is CC(C)C(NC(=O)C(Cc1ccccc1)NC(=O)C(CCCCN)NC(=O)C(N)CCC(N)=O)C(=O)O. The minimum Gasteiger partial charge on any atom is -0.480 e. The van der Waals surface area contributed by atoms with Crippen molar-refractivity contribution in [3.63, 3.8) is 0 Å². The van der Waals surface area contributed by atoms with Crippen molar-refractivity contribution in [3.05, 3.63) is 35.9 Å². The Hall–Kier alpha value is -3.51. The quantitative estimate of drug-likeness (QED) is 0.128. The number of carbonyl (C=O) groups excluding carboxylic acids is 4. The van der Waals surface area contributed by atoms with Gasteiger partial charge in [0.1, 0.15) is 18.1 Å². The fourth-order valence-electron chi connectivity index (χ4n) is 3.57. The van der Waals surface area contributed by atoms with Gasteiger partial charge >= 0.3 is 5.97 Å². The van der Waals surface area contributed by atoms with Crippen molar-refractivity contribution in [2.45, 2.75) is 76.5 Å². The predicted molar refractivity (Wildman–Crippen MR) is 138 cm³/mol. The lowest BCUT2D eigenvalue weighted by Crippen LogP contribution is -2.58. The van der Waals surface area contributed by atoms with Gasteiger partial charge in [0, 0.05) is 12.8 Å². The molecule has 0 bridgehead atoms. The van der Waals surface area contributed by atoms with E-state index in [1.165, 1.54) is 0 Å². The van der Waals surface area contributed by atoms with Gasteiger partial charge in [-0.15, -0.1) is 0 Å². The summed E-state index contributed by atoms with van der Waals surface area (Å²) in [7, 11) is 0. The second-order valence-electron chi connectivity index (χ2n) is 9.28. The van der Waals surface area contributed by atoms with Gasteiger partial charge in [0.15, 0.2) is 0 Å². The largest absolute Gasteiger partial charge is 0.480 e. The van der Waals surface area contributed by atoms with Crippen LogP contribution in [-0.4, -0.2) is 65.4 Å². The topological polar surface area (TPSA) is 220 Å². The Bertz CT molecular complexity index is 910. The van der Waals surface area contributed by atoms with E-state index in [1.54, 1.807) is 44.2 Å². The Morgan fingerprint density at radius 1 is 0.865 bits per heavy atom. The molecule has 0 fully saturated rings. The molecule has 206 valence electrons. The highest BCUT2D eigenvalue weighted by molar-refractivity contribution is 5.94. The molecule has 4 unspecified atom stereocenters. The summed E-state index contributed by atoms with van der Waals surface area (Å²) in [5, 5.41) is 17.2. The molecule has 0 saturated heterocycles. The molecule has 0 aliphatic carbocycles. The molecule has 0 aliphatic heterocycles. The van der Waals surface area contributed by atoms with Crippen LogP contribution in [0.2, 0.25) is 0 Å². The highest BCUT2D eigenvalue weighted by Crippen LogP contribution is 2.09. The summed E-state index contributed by atoms with van der Waals surface area (Å²) in [6.45, 7) is 3.72. The molecular formula is C25H40N6O6. The number of hydrogen-bond acceptors (Lipinski definition) is 7. The van der Waals surface area contributed by atoms with Crippen LogP contribution in [0, 0.1) is 5.92 Å². The second-order valence-corrected chi connectivity index (χ2v) is 9.28. The first-order chi connectivity index (χ1) is 17.5. The first kappa shape index (κ1) is 31.5. The number of rotatable bonds is 17. The van der Waals surface area contributed by atoms with Gasteiger partial charge in [-0.1, -0.05) is 44.2 Å². The molecule has 1 aromatic carbocycles. The zero-order valence-corrected chi connectivity index (χ0v) is 21.4. The standard InChI is InChI=1S/C25H40N6O6/c1-15(2)21(25(36)37)31-24(35)19(14-16-8-4-3-5-9-16)30-23(34)18(10-6-7-13-26)29-22(33)17(27)11-12-20(28)32/h3-5,8-9,15,17-19,21H,6-7,10-14,26-27H2,1-2H3,(H2,28,32)(H,29,33)(H,30,34)(H,31,35)(H,36,37). The van der Waals surface area contributed by atoms with Gasteiger partial charge in [0.25, 0.3) is 0 Å². The fraction of sp³-hybridized carbons (Fsp3) is 0.560. The van der Waals surface area contributed by atoms with Crippen LogP contribution in [-0.2, 0) is 30.4 Å². The van der Waals surface area contributed by atoms with Crippen LogP contribution in [0.15, 0.2) is 30.3 Å². The van der Waals surface area contributed by atoms with Crippen LogP contribution >= 0.6 is 0 Å². The Morgan fingerprint density at radius 3 is 2.00 bits per heavy atom. The molecule has 0 heterocycles. The molecule has 12 heteroatoms. The maximum Gasteiger partial charge on any atom is 0.326 e. The van der Waals surface area contributed by atoms with Crippen molar-refractivity contribution in [3.8, 4) is 0 Å². The summed E-state index contributed by atoms with van der Waals surface area (Å²) < 4.78 is 0. The smallest absolute Gasteiger partial charge is 0.326 e. The van der Waals surface area contributed by atoms with Crippen molar-refractivity contribution in [1.29, 1.82) is 0 Å². The monoisotopic (exact) mass is 520 g/mol. The molecule has 0 radical (unpaired) electrons.